The van der Waals surface area contributed by atoms with Gasteiger partial charge in [-0.3, -0.25) is 4.57 Å². The molecular formula is C25H47N5O4Si2. The van der Waals surface area contributed by atoms with Gasteiger partial charge >= 0.3 is 0 Å². The van der Waals surface area contributed by atoms with Gasteiger partial charge in [-0.15, -0.1) is 0 Å². The first-order valence-electron chi connectivity index (χ1n) is 13.1. The second-order valence-electron chi connectivity index (χ2n) is 12.9. The van der Waals surface area contributed by atoms with E-state index >= 15 is 0 Å². The standard InChI is InChI=1S/C25H47N5O4Si2/c1-24(2,3)35(7,8)32-15-19-18(34-36(9,10)25(4,5)6)14-20(33-19)30-17-29-21-22(26-12-11-13-31)27-16-28-23(21)30/h16-20,31H,11-15H2,1-10H3,(H,26,27,28)/t18-,19+,20+/m0/s1. The molecule has 11 heteroatoms. The summed E-state index contributed by atoms with van der Waals surface area (Å²) in [4.78, 5) is 13.5. The van der Waals surface area contributed by atoms with Crippen molar-refractivity contribution in [2.45, 2.75) is 109 Å². The third-order valence-corrected chi connectivity index (χ3v) is 17.1. The van der Waals surface area contributed by atoms with Crippen molar-refractivity contribution in [2.75, 3.05) is 25.1 Å². The van der Waals surface area contributed by atoms with E-state index in [1.165, 1.54) is 0 Å². The van der Waals surface area contributed by atoms with Crippen LogP contribution in [-0.2, 0) is 13.6 Å². The van der Waals surface area contributed by atoms with Gasteiger partial charge in [-0.25, -0.2) is 15.0 Å². The van der Waals surface area contributed by atoms with Gasteiger partial charge in [-0.1, -0.05) is 41.5 Å². The van der Waals surface area contributed by atoms with Crippen LogP contribution in [0.3, 0.4) is 0 Å². The summed E-state index contributed by atoms with van der Waals surface area (Å²) >= 11 is 0. The number of aliphatic hydroxyl groups excluding tert-OH is 1. The highest BCUT2D eigenvalue weighted by molar-refractivity contribution is 6.74. The van der Waals surface area contributed by atoms with E-state index in [-0.39, 0.29) is 35.1 Å². The molecule has 1 fully saturated rings. The molecule has 2 N–H and O–H groups in total. The second-order valence-corrected chi connectivity index (χ2v) is 22.5. The van der Waals surface area contributed by atoms with Crippen molar-refractivity contribution in [3.63, 3.8) is 0 Å². The van der Waals surface area contributed by atoms with E-state index in [0.717, 1.165) is 5.65 Å². The summed E-state index contributed by atoms with van der Waals surface area (Å²) in [5.74, 6) is 0.664. The van der Waals surface area contributed by atoms with Crippen molar-refractivity contribution in [3.8, 4) is 0 Å². The Bertz CT molecular complexity index is 1020. The number of hydrogen-bond acceptors (Lipinski definition) is 8. The number of aromatic nitrogens is 4. The fourth-order valence-electron chi connectivity index (χ4n) is 3.69. The molecule has 0 unspecified atom stereocenters. The van der Waals surface area contributed by atoms with Crippen molar-refractivity contribution >= 4 is 33.6 Å². The fourth-order valence-corrected chi connectivity index (χ4v) is 6.06. The Morgan fingerprint density at radius 3 is 2.33 bits per heavy atom. The fraction of sp³-hybridized carbons (Fsp3) is 0.800. The topological polar surface area (TPSA) is 104 Å². The van der Waals surface area contributed by atoms with Crippen LogP contribution in [0.2, 0.25) is 36.3 Å². The summed E-state index contributed by atoms with van der Waals surface area (Å²) in [5, 5.41) is 12.6. The molecule has 3 rings (SSSR count). The average molecular weight is 538 g/mol. The molecule has 0 radical (unpaired) electrons. The number of fused-ring (bicyclic) bond motifs is 1. The molecule has 36 heavy (non-hydrogen) atoms. The minimum absolute atomic E-state index is 0.0675. The lowest BCUT2D eigenvalue weighted by atomic mass is 10.2. The Balaban J connectivity index is 1.86. The van der Waals surface area contributed by atoms with Crippen LogP contribution in [0, 0.1) is 0 Å². The Hall–Kier alpha value is -1.38. The van der Waals surface area contributed by atoms with Gasteiger partial charge < -0.3 is 24.0 Å². The highest BCUT2D eigenvalue weighted by Crippen LogP contribution is 2.43. The maximum Gasteiger partial charge on any atom is 0.192 e. The lowest BCUT2D eigenvalue weighted by Gasteiger charge is -2.40. The number of ether oxygens (including phenoxy) is 1. The predicted octanol–water partition coefficient (Wildman–Crippen LogP) is 5.32. The Morgan fingerprint density at radius 2 is 1.72 bits per heavy atom. The lowest BCUT2D eigenvalue weighted by Crippen LogP contribution is -2.48. The molecule has 2 aromatic rings. The maximum atomic E-state index is 9.10. The van der Waals surface area contributed by atoms with Crippen LogP contribution >= 0.6 is 0 Å². The van der Waals surface area contributed by atoms with Gasteiger partial charge in [0.05, 0.1) is 19.0 Å². The molecule has 0 aromatic carbocycles. The third-order valence-electron chi connectivity index (χ3n) is 8.14. The van der Waals surface area contributed by atoms with E-state index < -0.39 is 16.6 Å². The van der Waals surface area contributed by atoms with E-state index in [2.05, 4.69) is 88.0 Å². The van der Waals surface area contributed by atoms with E-state index in [9.17, 15) is 0 Å². The maximum absolute atomic E-state index is 9.10. The van der Waals surface area contributed by atoms with Gasteiger partial charge in [0.25, 0.3) is 0 Å². The molecule has 0 amide bonds. The van der Waals surface area contributed by atoms with E-state index in [0.29, 0.717) is 37.3 Å². The smallest absolute Gasteiger partial charge is 0.192 e. The van der Waals surface area contributed by atoms with Crippen molar-refractivity contribution < 1.29 is 18.7 Å². The minimum atomic E-state index is -2.02. The van der Waals surface area contributed by atoms with Crippen molar-refractivity contribution in [1.29, 1.82) is 0 Å². The zero-order valence-corrected chi connectivity index (χ0v) is 25.9. The van der Waals surface area contributed by atoms with Gasteiger partial charge in [0, 0.05) is 19.6 Å². The first-order chi connectivity index (χ1) is 16.6. The Morgan fingerprint density at radius 1 is 1.06 bits per heavy atom. The zero-order chi connectivity index (χ0) is 26.9. The molecule has 1 saturated heterocycles. The first-order valence-corrected chi connectivity index (χ1v) is 18.9. The molecule has 1 aliphatic rings. The summed E-state index contributed by atoms with van der Waals surface area (Å²) in [5.41, 5.74) is 1.42. The predicted molar refractivity (Wildman–Crippen MR) is 149 cm³/mol. The van der Waals surface area contributed by atoms with E-state index in [1.54, 1.807) is 12.7 Å². The number of hydrogen-bond donors (Lipinski definition) is 2. The molecule has 9 nitrogen and oxygen atoms in total. The van der Waals surface area contributed by atoms with Crippen LogP contribution in [-0.4, -0.2) is 73.2 Å². The highest BCUT2D eigenvalue weighted by Gasteiger charge is 2.46. The highest BCUT2D eigenvalue weighted by atomic mass is 28.4. The lowest BCUT2D eigenvalue weighted by molar-refractivity contribution is -0.0383. The number of nitrogens with one attached hydrogen (secondary N) is 1. The largest absolute Gasteiger partial charge is 0.414 e. The summed E-state index contributed by atoms with van der Waals surface area (Å²) in [6.07, 6.45) is 4.18. The monoisotopic (exact) mass is 537 g/mol. The van der Waals surface area contributed by atoms with Crippen LogP contribution in [0.4, 0.5) is 5.82 Å². The second kappa shape index (κ2) is 10.8. The molecule has 0 spiro atoms. The van der Waals surface area contributed by atoms with Crippen LogP contribution in [0.1, 0.15) is 60.6 Å². The van der Waals surface area contributed by atoms with Crippen molar-refractivity contribution in [3.05, 3.63) is 12.7 Å². The summed E-state index contributed by atoms with van der Waals surface area (Å²) < 4.78 is 22.1. The van der Waals surface area contributed by atoms with E-state index in [4.69, 9.17) is 18.7 Å². The molecular weight excluding hydrogens is 490 g/mol. The molecule has 0 bridgehead atoms. The molecule has 1 aliphatic heterocycles. The van der Waals surface area contributed by atoms with Crippen molar-refractivity contribution in [2.24, 2.45) is 0 Å². The number of imidazole rings is 1. The van der Waals surface area contributed by atoms with Crippen LogP contribution in [0.15, 0.2) is 12.7 Å². The van der Waals surface area contributed by atoms with E-state index in [1.807, 2.05) is 4.57 Å². The van der Waals surface area contributed by atoms with Crippen LogP contribution in [0.5, 0.6) is 0 Å². The van der Waals surface area contributed by atoms with Crippen molar-refractivity contribution in [1.82, 2.24) is 19.5 Å². The third kappa shape index (κ3) is 6.36. The van der Waals surface area contributed by atoms with Gasteiger partial charge in [-0.05, 0) is 42.7 Å². The minimum Gasteiger partial charge on any atom is -0.414 e. The summed E-state index contributed by atoms with van der Waals surface area (Å²) in [6.45, 7) is 23.9. The number of nitrogens with zero attached hydrogens (tertiary/aromatic N) is 4. The molecule has 0 saturated carbocycles. The Kier molecular flexibility index (Phi) is 8.74. The molecule has 2 aromatic heterocycles. The zero-order valence-electron chi connectivity index (χ0n) is 23.9. The molecule has 3 atom stereocenters. The number of aliphatic hydroxyl groups is 1. The van der Waals surface area contributed by atoms with Gasteiger partial charge in [0.2, 0.25) is 0 Å². The first kappa shape index (κ1) is 29.2. The van der Waals surface area contributed by atoms with Crippen LogP contribution < -0.4 is 5.32 Å². The normalized spacial score (nSPS) is 21.9. The number of anilines is 1. The van der Waals surface area contributed by atoms with Gasteiger partial charge in [-0.2, -0.15) is 0 Å². The average Bonchev–Trinajstić information content (AvgIpc) is 3.35. The Labute approximate surface area is 218 Å². The summed E-state index contributed by atoms with van der Waals surface area (Å²) in [6, 6.07) is 0. The van der Waals surface area contributed by atoms with Crippen LogP contribution in [0.25, 0.3) is 11.2 Å². The molecule has 3 heterocycles. The molecule has 0 aliphatic carbocycles. The SMILES string of the molecule is CC(C)(C)[Si](C)(C)OC[C@H]1O[C@@H](n2cnc3c(NCCCO)ncnc32)C[C@@H]1O[Si](C)(C)C(C)(C)C. The number of rotatable bonds is 10. The molecule has 204 valence electrons. The van der Waals surface area contributed by atoms with Gasteiger partial charge in [0.1, 0.15) is 18.7 Å². The quantitative estimate of drug-likeness (QED) is 0.310. The van der Waals surface area contributed by atoms with Gasteiger partial charge in [0.15, 0.2) is 33.6 Å². The summed E-state index contributed by atoms with van der Waals surface area (Å²) in [7, 11) is -3.97.